The first-order chi connectivity index (χ1) is 9.15. The lowest BCUT2D eigenvalue weighted by Crippen LogP contribution is -2.43. The maximum Gasteiger partial charge on any atom is 0.323 e. The van der Waals surface area contributed by atoms with Gasteiger partial charge < -0.3 is 5.32 Å². The zero-order valence-electron chi connectivity index (χ0n) is 10.4. The van der Waals surface area contributed by atoms with E-state index in [0.29, 0.717) is 12.2 Å². The zero-order valence-corrected chi connectivity index (χ0v) is 10.4. The number of hydrogen-bond acceptors (Lipinski definition) is 3. The fourth-order valence-corrected chi connectivity index (χ4v) is 2.37. The Balaban J connectivity index is 2.25. The minimum absolute atomic E-state index is 0.262. The molecule has 5 heteroatoms. The maximum absolute atomic E-state index is 12.0. The van der Waals surface area contributed by atoms with E-state index in [-0.39, 0.29) is 6.03 Å². The van der Waals surface area contributed by atoms with Gasteiger partial charge in [-0.3, -0.25) is 9.88 Å². The van der Waals surface area contributed by atoms with Gasteiger partial charge in [-0.05, 0) is 6.92 Å². The lowest BCUT2D eigenvalue weighted by atomic mass is 10.0. The summed E-state index contributed by atoms with van der Waals surface area (Å²) in [5, 5.41) is 13.9. The van der Waals surface area contributed by atoms with E-state index >= 15 is 0 Å². The molecule has 1 aliphatic rings. The van der Waals surface area contributed by atoms with E-state index in [0.717, 1.165) is 10.8 Å². The number of fused-ring (bicyclic) bond motifs is 1. The van der Waals surface area contributed by atoms with Gasteiger partial charge >= 0.3 is 6.03 Å². The van der Waals surface area contributed by atoms with Crippen LogP contribution in [0.4, 0.5) is 10.5 Å². The minimum Gasteiger partial charge on any atom is -0.334 e. The van der Waals surface area contributed by atoms with Crippen molar-refractivity contribution in [3.8, 4) is 6.07 Å². The Morgan fingerprint density at radius 3 is 3.00 bits per heavy atom. The molecule has 1 unspecified atom stereocenters. The molecule has 2 heterocycles. The van der Waals surface area contributed by atoms with Crippen molar-refractivity contribution in [2.45, 2.75) is 12.5 Å². The highest BCUT2D eigenvalue weighted by Gasteiger charge is 2.43. The number of hydrogen-bond donors (Lipinski definition) is 1. The fraction of sp³-hybridized carbons (Fsp3) is 0.214. The highest BCUT2D eigenvalue weighted by atomic mass is 16.2. The number of nitrogens with one attached hydrogen (secondary N) is 1. The molecular weight excluding hydrogens is 240 g/mol. The molecule has 1 saturated heterocycles. The van der Waals surface area contributed by atoms with Crippen molar-refractivity contribution in [3.63, 3.8) is 0 Å². The summed E-state index contributed by atoms with van der Waals surface area (Å²) in [5.41, 5.74) is -0.222. The van der Waals surface area contributed by atoms with E-state index in [1.165, 1.54) is 4.90 Å². The number of nitriles is 1. The normalized spacial score (nSPS) is 22.3. The summed E-state index contributed by atoms with van der Waals surface area (Å²) in [6, 6.07) is 9.62. The molecule has 0 bridgehead atoms. The van der Waals surface area contributed by atoms with Crippen LogP contribution in [0, 0.1) is 11.3 Å². The van der Waals surface area contributed by atoms with Gasteiger partial charge in [0.2, 0.25) is 0 Å². The van der Waals surface area contributed by atoms with Crippen LogP contribution in [-0.2, 0) is 0 Å². The molecule has 94 valence electrons. The number of rotatable bonds is 1. The number of urea groups is 1. The number of anilines is 1. The highest BCUT2D eigenvalue weighted by molar-refractivity contribution is 6.05. The van der Waals surface area contributed by atoms with Gasteiger partial charge in [-0.25, -0.2) is 4.79 Å². The van der Waals surface area contributed by atoms with Crippen LogP contribution in [-0.4, -0.2) is 23.1 Å². The summed E-state index contributed by atoms with van der Waals surface area (Å²) >= 11 is 0. The zero-order chi connectivity index (χ0) is 13.5. The summed E-state index contributed by atoms with van der Waals surface area (Å²) < 4.78 is 0. The third-order valence-corrected chi connectivity index (χ3v) is 3.41. The average molecular weight is 252 g/mol. The molecule has 1 N–H and O–H groups in total. The highest BCUT2D eigenvalue weighted by Crippen LogP contribution is 2.32. The van der Waals surface area contributed by atoms with Crippen LogP contribution in [0.1, 0.15) is 6.92 Å². The predicted octanol–water partition coefficient (Wildman–Crippen LogP) is 2.05. The summed E-state index contributed by atoms with van der Waals surface area (Å²) in [6.07, 6.45) is 3.37. The number of pyridine rings is 1. The second-order valence-electron chi connectivity index (χ2n) is 4.76. The molecule has 2 aromatic rings. The van der Waals surface area contributed by atoms with E-state index in [4.69, 9.17) is 0 Å². The Morgan fingerprint density at radius 2 is 2.21 bits per heavy atom. The number of aromatic nitrogens is 1. The molecule has 3 rings (SSSR count). The molecule has 1 atom stereocenters. The Morgan fingerprint density at radius 1 is 1.42 bits per heavy atom. The monoisotopic (exact) mass is 252 g/mol. The van der Waals surface area contributed by atoms with Crippen LogP contribution in [0.25, 0.3) is 10.8 Å². The molecule has 1 aromatic carbocycles. The second kappa shape index (κ2) is 3.95. The number of carbonyl (C=O) groups is 1. The maximum atomic E-state index is 12.0. The number of benzene rings is 1. The molecule has 0 aliphatic carbocycles. The van der Waals surface area contributed by atoms with Crippen molar-refractivity contribution in [3.05, 3.63) is 36.7 Å². The number of amides is 2. The van der Waals surface area contributed by atoms with Gasteiger partial charge in [0, 0.05) is 17.0 Å². The van der Waals surface area contributed by atoms with Crippen LogP contribution in [0.5, 0.6) is 0 Å². The lowest BCUT2D eigenvalue weighted by molar-refractivity contribution is 0.251. The summed E-state index contributed by atoms with van der Waals surface area (Å²) in [4.78, 5) is 17.7. The third-order valence-electron chi connectivity index (χ3n) is 3.41. The van der Waals surface area contributed by atoms with Gasteiger partial charge in [0.1, 0.15) is 0 Å². The SMILES string of the molecule is CC1(C#N)CNC(=O)N1c1cncc2ccccc12. The van der Waals surface area contributed by atoms with E-state index in [1.54, 1.807) is 19.3 Å². The molecule has 2 amide bonds. The van der Waals surface area contributed by atoms with Crippen LogP contribution in [0.3, 0.4) is 0 Å². The lowest BCUT2D eigenvalue weighted by Gasteiger charge is -2.27. The molecular formula is C14H12N4O. The van der Waals surface area contributed by atoms with Crippen molar-refractivity contribution >= 4 is 22.5 Å². The van der Waals surface area contributed by atoms with Crippen molar-refractivity contribution < 1.29 is 4.79 Å². The van der Waals surface area contributed by atoms with Crippen molar-refractivity contribution in [1.29, 1.82) is 5.26 Å². The van der Waals surface area contributed by atoms with Gasteiger partial charge in [-0.1, -0.05) is 24.3 Å². The molecule has 0 radical (unpaired) electrons. The van der Waals surface area contributed by atoms with Crippen LogP contribution in [0.2, 0.25) is 0 Å². The van der Waals surface area contributed by atoms with Gasteiger partial charge in [0.15, 0.2) is 5.54 Å². The van der Waals surface area contributed by atoms with Gasteiger partial charge in [-0.2, -0.15) is 5.26 Å². The first-order valence-corrected chi connectivity index (χ1v) is 5.98. The summed E-state index contributed by atoms with van der Waals surface area (Å²) in [5.74, 6) is 0. The van der Waals surface area contributed by atoms with E-state index in [9.17, 15) is 10.1 Å². The van der Waals surface area contributed by atoms with E-state index in [2.05, 4.69) is 16.4 Å². The van der Waals surface area contributed by atoms with E-state index in [1.807, 2.05) is 24.3 Å². The van der Waals surface area contributed by atoms with Gasteiger partial charge in [0.05, 0.1) is 24.5 Å². The van der Waals surface area contributed by atoms with Crippen molar-refractivity contribution in [1.82, 2.24) is 10.3 Å². The van der Waals surface area contributed by atoms with Crippen molar-refractivity contribution in [2.24, 2.45) is 0 Å². The summed E-state index contributed by atoms with van der Waals surface area (Å²) in [6.45, 7) is 2.05. The largest absolute Gasteiger partial charge is 0.334 e. The molecule has 19 heavy (non-hydrogen) atoms. The van der Waals surface area contributed by atoms with Gasteiger partial charge in [0.25, 0.3) is 0 Å². The third kappa shape index (κ3) is 1.61. The number of nitrogens with zero attached hydrogens (tertiary/aromatic N) is 3. The van der Waals surface area contributed by atoms with Crippen LogP contribution in [0.15, 0.2) is 36.7 Å². The van der Waals surface area contributed by atoms with Crippen LogP contribution < -0.4 is 10.2 Å². The van der Waals surface area contributed by atoms with Gasteiger partial charge in [-0.15, -0.1) is 0 Å². The van der Waals surface area contributed by atoms with E-state index < -0.39 is 5.54 Å². The molecule has 0 spiro atoms. The predicted molar refractivity (Wildman–Crippen MR) is 71.6 cm³/mol. The molecule has 1 fully saturated rings. The first kappa shape index (κ1) is 11.5. The Bertz CT molecular complexity index is 701. The van der Waals surface area contributed by atoms with Crippen molar-refractivity contribution in [2.75, 3.05) is 11.4 Å². The number of carbonyl (C=O) groups excluding carboxylic acids is 1. The molecule has 1 aromatic heterocycles. The molecule has 1 aliphatic heterocycles. The standard InChI is InChI=1S/C14H12N4O/c1-14(8-15)9-17-13(19)18(14)12-7-16-6-10-4-2-3-5-11(10)12/h2-7H,9H2,1H3,(H,17,19). The quantitative estimate of drug-likeness (QED) is 0.844. The second-order valence-corrected chi connectivity index (χ2v) is 4.76. The fourth-order valence-electron chi connectivity index (χ4n) is 2.37. The Labute approximate surface area is 110 Å². The topological polar surface area (TPSA) is 69.0 Å². The smallest absolute Gasteiger partial charge is 0.323 e. The molecule has 0 saturated carbocycles. The summed E-state index contributed by atoms with van der Waals surface area (Å²) in [7, 11) is 0. The Hall–Kier alpha value is -2.61. The van der Waals surface area contributed by atoms with Crippen LogP contribution >= 0.6 is 0 Å². The first-order valence-electron chi connectivity index (χ1n) is 5.98. The Kier molecular flexibility index (Phi) is 2.39. The minimum atomic E-state index is -0.886. The average Bonchev–Trinajstić information content (AvgIpc) is 2.75. The molecule has 5 nitrogen and oxygen atoms in total.